The van der Waals surface area contributed by atoms with Crippen molar-refractivity contribution in [2.75, 3.05) is 18.2 Å². The van der Waals surface area contributed by atoms with Crippen LogP contribution in [0.5, 0.6) is 11.5 Å². The number of carbonyl (C=O) groups excluding carboxylic acids is 1. The van der Waals surface area contributed by atoms with E-state index in [-0.39, 0.29) is 15.8 Å². The largest absolute Gasteiger partial charge is 0.497 e. The summed E-state index contributed by atoms with van der Waals surface area (Å²) in [4.78, 5) is 10.8. The number of ether oxygens (including phenoxy) is 1. The van der Waals surface area contributed by atoms with Gasteiger partial charge in [-0.1, -0.05) is 0 Å². The smallest absolute Gasteiger partial charge is 0.119 e. The Labute approximate surface area is 141 Å². The van der Waals surface area contributed by atoms with Gasteiger partial charge in [-0.3, -0.25) is 0 Å². The fraction of sp³-hybridized carbons (Fsp3) is 0.133. The van der Waals surface area contributed by atoms with Crippen LogP contribution in [0.25, 0.3) is 0 Å². The summed E-state index contributed by atoms with van der Waals surface area (Å²) >= 11 is -5.14. The van der Waals surface area contributed by atoms with Crippen LogP contribution in [0.2, 0.25) is 0 Å². The maximum absolute atomic E-state index is 11.1. The van der Waals surface area contributed by atoms with Gasteiger partial charge in [0.2, 0.25) is 0 Å². The molecule has 0 atom stereocenters. The van der Waals surface area contributed by atoms with Crippen molar-refractivity contribution < 1.29 is 26.6 Å². The van der Waals surface area contributed by atoms with Crippen molar-refractivity contribution in [2.24, 2.45) is 0 Å². The molecule has 0 aliphatic carbocycles. The number of carbonyl (C=O) groups is 1. The Balaban J connectivity index is 0.000000272. The van der Waals surface area contributed by atoms with Gasteiger partial charge in [0.05, 0.1) is 7.11 Å². The van der Waals surface area contributed by atoms with Gasteiger partial charge in [0.25, 0.3) is 0 Å². The fourth-order valence-electron chi connectivity index (χ4n) is 1.68. The van der Waals surface area contributed by atoms with E-state index in [0.717, 1.165) is 11.4 Å². The van der Waals surface area contributed by atoms with E-state index in [1.165, 1.54) is 25.1 Å². The predicted octanol–water partition coefficient (Wildman–Crippen LogP) is 0.189. The summed E-state index contributed by atoms with van der Waals surface area (Å²) < 4.78 is 33.7. The number of nitrogens with one attached hydrogen (secondary N) is 1. The second-order valence-electron chi connectivity index (χ2n) is 4.67. The van der Waals surface area contributed by atoms with Crippen molar-refractivity contribution in [1.82, 2.24) is 0 Å². The summed E-state index contributed by atoms with van der Waals surface area (Å²) in [7, 11) is 1.63. The molecule has 0 heterocycles. The van der Waals surface area contributed by atoms with Crippen LogP contribution in [0, 0.1) is 0 Å². The number of amides is 1. The zero-order valence-corrected chi connectivity index (χ0v) is 15.0. The molecule has 0 radical (unpaired) electrons. The van der Waals surface area contributed by atoms with Crippen molar-refractivity contribution in [2.45, 2.75) is 6.92 Å². The molecule has 0 fully saturated rings. The van der Waals surface area contributed by atoms with Crippen molar-refractivity contribution in [1.29, 1.82) is 0 Å². The van der Waals surface area contributed by atoms with Gasteiger partial charge in [0, 0.05) is 5.69 Å². The minimum absolute atomic E-state index is 0.225. The van der Waals surface area contributed by atoms with E-state index in [2.05, 4.69) is 5.32 Å². The number of rotatable bonds is 3. The monoisotopic (exact) mass is 398 g/mol. The van der Waals surface area contributed by atoms with Crippen LogP contribution < -0.4 is 20.1 Å². The molecule has 0 aliphatic heterocycles. The number of phenolic OH excluding ortho intramolecular Hbond substituents is 1. The minimum atomic E-state index is -5.14. The van der Waals surface area contributed by atoms with Crippen LogP contribution in [-0.2, 0) is 8.53 Å². The third kappa shape index (κ3) is 6.00. The topological polar surface area (TPSA) is 142 Å². The van der Waals surface area contributed by atoms with Gasteiger partial charge in [0.1, 0.15) is 5.75 Å². The molecule has 24 heavy (non-hydrogen) atoms. The molecule has 8 nitrogen and oxygen atoms in total. The molecule has 2 aromatic rings. The molecule has 0 spiro atoms. The normalized spacial score (nSPS) is 10.3. The van der Waals surface area contributed by atoms with Crippen LogP contribution in [0.3, 0.4) is 0 Å². The molecular weight excluding hydrogens is 379 g/mol. The number of nitrogen functional groups attached to an aromatic ring is 1. The Morgan fingerprint density at radius 2 is 1.75 bits per heavy atom. The number of anilines is 2. The zero-order valence-electron chi connectivity index (χ0n) is 13.1. The van der Waals surface area contributed by atoms with Gasteiger partial charge in [0.15, 0.2) is 0 Å². The van der Waals surface area contributed by atoms with E-state index >= 15 is 0 Å². The molecule has 0 aromatic heterocycles. The van der Waals surface area contributed by atoms with E-state index in [4.69, 9.17) is 18.7 Å². The van der Waals surface area contributed by atoms with E-state index < -0.39 is 20.1 Å². The number of aromatic hydroxyl groups is 1. The third-order valence-corrected chi connectivity index (χ3v) is 4.85. The quantitative estimate of drug-likeness (QED) is 0.282. The average molecular weight is 398 g/mol. The molecule has 0 saturated heterocycles. The van der Waals surface area contributed by atoms with Gasteiger partial charge >= 0.3 is 88.1 Å². The van der Waals surface area contributed by atoms with E-state index in [1.54, 1.807) is 19.2 Å². The average Bonchev–Trinajstić information content (AvgIpc) is 2.49. The van der Waals surface area contributed by atoms with E-state index in [0.29, 0.717) is 0 Å². The number of phenols is 1. The summed E-state index contributed by atoms with van der Waals surface area (Å²) in [6, 6.07) is 11.0. The van der Waals surface area contributed by atoms with Crippen LogP contribution in [-0.4, -0.2) is 40.5 Å². The van der Waals surface area contributed by atoms with Gasteiger partial charge < -0.3 is 10.5 Å². The number of hydrogen-bond acceptors (Lipinski definition) is 5. The standard InChI is InChI=1S/C8H10AsNO5.C7H9NO/c1-5(11)10-8-6(9(13,14)15)3-2-4-7(8)12;1-9-7-4-2-6(8)3-5-7/h2-4,12H,1H3,(H,10,11)(H2,13,14,15);2-5H,8H2,1H3. The van der Waals surface area contributed by atoms with Gasteiger partial charge in [-0.15, -0.1) is 0 Å². The first-order chi connectivity index (χ1) is 11.1. The first-order valence-corrected chi connectivity index (χ1v) is 10.1. The first kappa shape index (κ1) is 19.6. The molecule has 2 aromatic carbocycles. The molecule has 0 aliphatic rings. The van der Waals surface area contributed by atoms with Crippen LogP contribution in [0.15, 0.2) is 42.5 Å². The summed E-state index contributed by atoms with van der Waals surface area (Å²) in [5.41, 5.74) is 5.96. The molecule has 1 amide bonds. The second-order valence-corrected chi connectivity index (χ2v) is 7.96. The summed E-state index contributed by atoms with van der Waals surface area (Å²) in [6.45, 7) is 1.18. The zero-order chi connectivity index (χ0) is 18.3. The maximum atomic E-state index is 11.1. The number of hydrogen-bond donors (Lipinski definition) is 5. The Hall–Kier alpha value is -2.41. The van der Waals surface area contributed by atoms with Gasteiger partial charge in [-0.25, -0.2) is 0 Å². The Bertz CT molecular complexity index is 742. The Kier molecular flexibility index (Phi) is 6.91. The minimum Gasteiger partial charge on any atom is -0.497 e. The maximum Gasteiger partial charge on any atom is 0.119 e. The molecule has 0 bridgehead atoms. The molecule has 2 rings (SSSR count). The SMILES string of the molecule is CC(=O)Nc1c(O)cccc1[As](=O)(O)O.COc1ccc(N)cc1. The van der Waals surface area contributed by atoms with Crippen molar-refractivity contribution in [3.63, 3.8) is 0 Å². The van der Waals surface area contributed by atoms with Crippen molar-refractivity contribution in [3.8, 4) is 11.5 Å². The Morgan fingerprint density at radius 3 is 2.21 bits per heavy atom. The van der Waals surface area contributed by atoms with Crippen LogP contribution >= 0.6 is 0 Å². The molecule has 6 N–H and O–H groups in total. The molecular formula is C15H19AsN2O6. The van der Waals surface area contributed by atoms with Crippen LogP contribution in [0.4, 0.5) is 11.4 Å². The summed E-state index contributed by atoms with van der Waals surface area (Å²) in [5.74, 6) is -0.0432. The van der Waals surface area contributed by atoms with Gasteiger partial charge in [-0.2, -0.15) is 0 Å². The van der Waals surface area contributed by atoms with E-state index in [1.807, 2.05) is 12.1 Å². The number of nitrogens with two attached hydrogens (primary N) is 1. The number of para-hydroxylation sites is 1. The second kappa shape index (κ2) is 8.44. The third-order valence-electron chi connectivity index (χ3n) is 2.75. The van der Waals surface area contributed by atoms with Crippen molar-refractivity contribution >= 4 is 35.8 Å². The van der Waals surface area contributed by atoms with Gasteiger partial charge in [-0.05, 0) is 24.3 Å². The molecule has 0 unspecified atom stereocenters. The van der Waals surface area contributed by atoms with E-state index in [9.17, 15) is 13.6 Å². The predicted molar refractivity (Wildman–Crippen MR) is 90.3 cm³/mol. The molecule has 130 valence electrons. The van der Waals surface area contributed by atoms with Crippen molar-refractivity contribution in [3.05, 3.63) is 42.5 Å². The van der Waals surface area contributed by atoms with Crippen LogP contribution in [0.1, 0.15) is 6.92 Å². The summed E-state index contributed by atoms with van der Waals surface area (Å²) in [5, 5.41) is 11.5. The molecule has 9 heteroatoms. The summed E-state index contributed by atoms with van der Waals surface area (Å²) in [6.07, 6.45) is 0. The number of methoxy groups -OCH3 is 1. The number of benzene rings is 2. The Morgan fingerprint density at radius 1 is 1.17 bits per heavy atom. The first-order valence-electron chi connectivity index (χ1n) is 6.70. The fourth-order valence-corrected chi connectivity index (χ4v) is 3.24. The molecule has 0 saturated carbocycles.